The highest BCUT2D eigenvalue weighted by Gasteiger charge is 2.29. The summed E-state index contributed by atoms with van der Waals surface area (Å²) >= 11 is 6.19. The molecule has 1 aromatic heterocycles. The number of hydrogen-bond acceptors (Lipinski definition) is 4. The van der Waals surface area contributed by atoms with Crippen molar-refractivity contribution in [1.29, 1.82) is 0 Å². The molecule has 7 heteroatoms. The van der Waals surface area contributed by atoms with Crippen LogP contribution in [0.2, 0.25) is 5.02 Å². The monoisotopic (exact) mass is 432 g/mol. The number of pyridine rings is 1. The number of benzene rings is 2. The molecular weight excluding hydrogens is 411 g/mol. The molecule has 0 atom stereocenters. The summed E-state index contributed by atoms with van der Waals surface area (Å²) in [6.07, 6.45) is 3.29. The van der Waals surface area contributed by atoms with Crippen molar-refractivity contribution in [3.8, 4) is 0 Å². The molecule has 1 saturated heterocycles. The average Bonchev–Trinajstić information content (AvgIpc) is 2.69. The normalized spacial score (nSPS) is 15.8. The predicted octanol–water partition coefficient (Wildman–Crippen LogP) is 5.40. The smallest absolute Gasteiger partial charge is 0.210 e. The molecule has 0 unspecified atom stereocenters. The number of sulfone groups is 1. The molecule has 152 valence electrons. The van der Waals surface area contributed by atoms with Gasteiger partial charge in [0.05, 0.1) is 16.1 Å². The molecule has 3 aromatic rings. The highest BCUT2D eigenvalue weighted by molar-refractivity contribution is 7.91. The van der Waals surface area contributed by atoms with Gasteiger partial charge in [-0.2, -0.15) is 0 Å². The molecule has 1 aliphatic rings. The van der Waals surface area contributed by atoms with Crippen molar-refractivity contribution in [1.82, 2.24) is 4.98 Å². The van der Waals surface area contributed by atoms with Gasteiger partial charge in [0.1, 0.15) is 10.7 Å². The fourth-order valence-electron chi connectivity index (χ4n) is 3.76. The number of hydrogen-bond donors (Lipinski definition) is 0. The highest BCUT2D eigenvalue weighted by atomic mass is 35.5. The molecule has 0 amide bonds. The van der Waals surface area contributed by atoms with E-state index in [1.54, 1.807) is 18.2 Å². The molecule has 1 aliphatic heterocycles. The number of nitrogens with zero attached hydrogens (tertiary/aromatic N) is 2. The number of aryl methyl sites for hydroxylation is 1. The zero-order valence-corrected chi connectivity index (χ0v) is 17.9. The lowest BCUT2D eigenvalue weighted by molar-refractivity contribution is 0.437. The van der Waals surface area contributed by atoms with Gasteiger partial charge in [-0.15, -0.1) is 0 Å². The number of piperidine rings is 1. The van der Waals surface area contributed by atoms with Crippen LogP contribution in [0.1, 0.15) is 25.3 Å². The Morgan fingerprint density at radius 2 is 1.86 bits per heavy atom. The van der Waals surface area contributed by atoms with E-state index in [0.29, 0.717) is 27.5 Å². The van der Waals surface area contributed by atoms with Gasteiger partial charge in [0, 0.05) is 35.8 Å². The summed E-state index contributed by atoms with van der Waals surface area (Å²) in [5.41, 5.74) is 1.85. The molecule has 0 spiro atoms. The number of rotatable bonds is 3. The Labute approximate surface area is 175 Å². The number of fused-ring (bicyclic) bond motifs is 1. The Balaban J connectivity index is 1.94. The molecule has 2 aromatic carbocycles. The van der Waals surface area contributed by atoms with Gasteiger partial charge in [0.2, 0.25) is 9.84 Å². The van der Waals surface area contributed by atoms with Crippen LogP contribution in [-0.2, 0) is 9.84 Å². The number of aromatic nitrogens is 1. The maximum absolute atomic E-state index is 13.8. The van der Waals surface area contributed by atoms with E-state index in [0.717, 1.165) is 31.5 Å². The van der Waals surface area contributed by atoms with Crippen LogP contribution < -0.4 is 4.90 Å². The first-order valence-corrected chi connectivity index (χ1v) is 11.5. The van der Waals surface area contributed by atoms with E-state index < -0.39 is 15.7 Å². The van der Waals surface area contributed by atoms with Crippen molar-refractivity contribution in [3.05, 3.63) is 59.0 Å². The van der Waals surface area contributed by atoms with Crippen LogP contribution >= 0.6 is 11.6 Å². The largest absolute Gasteiger partial charge is 0.370 e. The summed E-state index contributed by atoms with van der Waals surface area (Å²) in [5, 5.41) is 1.04. The quantitative estimate of drug-likeness (QED) is 0.555. The Kier molecular flexibility index (Phi) is 5.25. The first-order valence-electron chi connectivity index (χ1n) is 9.62. The third kappa shape index (κ3) is 3.71. The zero-order valence-electron chi connectivity index (χ0n) is 16.3. The van der Waals surface area contributed by atoms with E-state index in [9.17, 15) is 12.8 Å². The van der Waals surface area contributed by atoms with Gasteiger partial charge >= 0.3 is 0 Å². The van der Waals surface area contributed by atoms with Gasteiger partial charge in [0.15, 0.2) is 0 Å². The fourth-order valence-corrected chi connectivity index (χ4v) is 5.46. The summed E-state index contributed by atoms with van der Waals surface area (Å²) in [6, 6.07) is 9.04. The van der Waals surface area contributed by atoms with Crippen LogP contribution in [0, 0.1) is 18.7 Å². The van der Waals surface area contributed by atoms with E-state index in [4.69, 9.17) is 11.6 Å². The van der Waals surface area contributed by atoms with Crippen LogP contribution in [0.4, 0.5) is 10.1 Å². The third-order valence-electron chi connectivity index (χ3n) is 5.61. The Hall–Kier alpha value is -2.18. The molecule has 0 bridgehead atoms. The maximum atomic E-state index is 13.8. The summed E-state index contributed by atoms with van der Waals surface area (Å²) in [6.45, 7) is 5.51. The highest BCUT2D eigenvalue weighted by Crippen LogP contribution is 2.38. The molecule has 0 N–H and O–H groups in total. The van der Waals surface area contributed by atoms with Crippen LogP contribution in [0.15, 0.2) is 52.4 Å². The van der Waals surface area contributed by atoms with Gasteiger partial charge in [-0.3, -0.25) is 4.98 Å². The fraction of sp³-hybridized carbons (Fsp3) is 0.318. The molecule has 0 radical (unpaired) electrons. The van der Waals surface area contributed by atoms with Gasteiger partial charge in [-0.05, 0) is 55.5 Å². The van der Waals surface area contributed by atoms with Crippen molar-refractivity contribution in [2.45, 2.75) is 36.5 Å². The number of halogens is 2. The summed E-state index contributed by atoms with van der Waals surface area (Å²) in [5.74, 6) is 0.192. The van der Waals surface area contributed by atoms with Crippen LogP contribution in [-0.4, -0.2) is 26.5 Å². The van der Waals surface area contributed by atoms with Crippen LogP contribution in [0.5, 0.6) is 0 Å². The van der Waals surface area contributed by atoms with E-state index in [-0.39, 0.29) is 9.79 Å². The topological polar surface area (TPSA) is 50.3 Å². The Bertz CT molecular complexity index is 1190. The first kappa shape index (κ1) is 20.1. The average molecular weight is 433 g/mol. The minimum Gasteiger partial charge on any atom is -0.370 e. The van der Waals surface area contributed by atoms with Gasteiger partial charge in [0.25, 0.3) is 0 Å². The molecular formula is C22H22ClFN2O2S. The molecule has 1 fully saturated rings. The van der Waals surface area contributed by atoms with Crippen LogP contribution in [0.25, 0.3) is 10.9 Å². The first-order chi connectivity index (χ1) is 13.8. The van der Waals surface area contributed by atoms with Crippen molar-refractivity contribution in [2.75, 3.05) is 18.0 Å². The zero-order chi connectivity index (χ0) is 20.8. The van der Waals surface area contributed by atoms with Gasteiger partial charge in [-0.25, -0.2) is 12.8 Å². The van der Waals surface area contributed by atoms with E-state index >= 15 is 0 Å². The summed E-state index contributed by atoms with van der Waals surface area (Å²) < 4.78 is 40.8. The molecule has 29 heavy (non-hydrogen) atoms. The van der Waals surface area contributed by atoms with Crippen molar-refractivity contribution in [2.24, 2.45) is 5.92 Å². The third-order valence-corrected chi connectivity index (χ3v) is 7.77. The second kappa shape index (κ2) is 7.58. The standard InChI is InChI=1S/C22H22ClFN2O2S/c1-14-7-9-26(10-8-14)22-18-6-4-16(24)11-20(18)25-13-21(22)29(27,28)17-5-3-15(2)19(23)12-17/h3-6,11-14H,7-10H2,1-2H3. The lowest BCUT2D eigenvalue weighted by Gasteiger charge is -2.34. The minimum absolute atomic E-state index is 0.128. The minimum atomic E-state index is -3.86. The lowest BCUT2D eigenvalue weighted by Crippen LogP contribution is -2.34. The van der Waals surface area contributed by atoms with Gasteiger partial charge < -0.3 is 4.90 Å². The van der Waals surface area contributed by atoms with E-state index in [2.05, 4.69) is 16.8 Å². The maximum Gasteiger partial charge on any atom is 0.210 e. The molecule has 4 nitrogen and oxygen atoms in total. The van der Waals surface area contributed by atoms with E-state index in [1.165, 1.54) is 24.4 Å². The van der Waals surface area contributed by atoms with Crippen molar-refractivity contribution in [3.63, 3.8) is 0 Å². The molecule has 4 rings (SSSR count). The lowest BCUT2D eigenvalue weighted by atomic mass is 9.98. The van der Waals surface area contributed by atoms with Crippen molar-refractivity contribution < 1.29 is 12.8 Å². The Morgan fingerprint density at radius 3 is 2.55 bits per heavy atom. The van der Waals surface area contributed by atoms with E-state index in [1.807, 2.05) is 6.92 Å². The molecule has 0 saturated carbocycles. The number of anilines is 1. The van der Waals surface area contributed by atoms with Gasteiger partial charge in [-0.1, -0.05) is 24.6 Å². The molecule has 2 heterocycles. The predicted molar refractivity (Wildman–Crippen MR) is 114 cm³/mol. The SMILES string of the molecule is Cc1ccc(S(=O)(=O)c2cnc3cc(F)ccc3c2N2CCC(C)CC2)cc1Cl. The molecule has 0 aliphatic carbocycles. The summed E-state index contributed by atoms with van der Waals surface area (Å²) in [4.78, 5) is 6.61. The van der Waals surface area contributed by atoms with Crippen LogP contribution in [0.3, 0.4) is 0 Å². The van der Waals surface area contributed by atoms with Crippen molar-refractivity contribution >= 4 is 38.0 Å². The summed E-state index contributed by atoms with van der Waals surface area (Å²) in [7, 11) is -3.86. The second-order valence-corrected chi connectivity index (χ2v) is 10.0. The Morgan fingerprint density at radius 1 is 1.14 bits per heavy atom. The second-order valence-electron chi connectivity index (χ2n) is 7.72.